The molecule has 3 nitrogen and oxygen atoms in total. The van der Waals surface area contributed by atoms with Crippen molar-refractivity contribution in [3.05, 3.63) is 64.4 Å². The highest BCUT2D eigenvalue weighted by molar-refractivity contribution is 6.42. The molecular weight excluding hydrogens is 307 g/mol. The minimum absolute atomic E-state index is 0.0940. The number of fused-ring (bicyclic) bond motifs is 1. The number of nitrogens with zero attached hydrogens (tertiary/aromatic N) is 2. The van der Waals surface area contributed by atoms with Crippen LogP contribution in [0.15, 0.2) is 48.8 Å². The van der Waals surface area contributed by atoms with Gasteiger partial charge in [-0.25, -0.2) is 4.98 Å². The molecule has 3 aromatic rings. The Bertz CT molecular complexity index is 811. The smallest absolute Gasteiger partial charge is 0.156 e. The lowest BCUT2D eigenvalue weighted by Gasteiger charge is -2.05. The molecule has 1 aromatic heterocycles. The van der Waals surface area contributed by atoms with Crippen LogP contribution in [0, 0.1) is 0 Å². The van der Waals surface area contributed by atoms with Gasteiger partial charge in [0.1, 0.15) is 0 Å². The lowest BCUT2D eigenvalue weighted by atomic mass is 10.1. The monoisotopic (exact) mass is 318 g/mol. The molecule has 0 aliphatic rings. The van der Waals surface area contributed by atoms with Gasteiger partial charge in [-0.2, -0.15) is 0 Å². The summed E-state index contributed by atoms with van der Waals surface area (Å²) in [7, 11) is 0. The van der Waals surface area contributed by atoms with E-state index in [9.17, 15) is 4.79 Å². The van der Waals surface area contributed by atoms with Crippen LogP contribution in [0.3, 0.4) is 0 Å². The first-order valence-corrected chi connectivity index (χ1v) is 7.24. The molecule has 0 fully saturated rings. The van der Waals surface area contributed by atoms with Crippen molar-refractivity contribution < 1.29 is 4.79 Å². The van der Waals surface area contributed by atoms with E-state index in [1.807, 2.05) is 34.9 Å². The average Bonchev–Trinajstić information content (AvgIpc) is 2.86. The molecule has 0 atom stereocenters. The van der Waals surface area contributed by atoms with Crippen molar-refractivity contribution in [2.75, 3.05) is 0 Å². The lowest BCUT2D eigenvalue weighted by molar-refractivity contribution is -0.118. The zero-order valence-corrected chi connectivity index (χ0v) is 12.6. The Morgan fingerprint density at radius 3 is 2.71 bits per heavy atom. The summed E-state index contributed by atoms with van der Waals surface area (Å²) in [4.78, 5) is 16.5. The van der Waals surface area contributed by atoms with Gasteiger partial charge in [-0.15, -0.1) is 0 Å². The van der Waals surface area contributed by atoms with E-state index in [4.69, 9.17) is 23.2 Å². The van der Waals surface area contributed by atoms with Crippen molar-refractivity contribution in [2.45, 2.75) is 13.0 Å². The normalized spacial score (nSPS) is 11.0. The van der Waals surface area contributed by atoms with E-state index < -0.39 is 0 Å². The van der Waals surface area contributed by atoms with E-state index in [1.165, 1.54) is 0 Å². The summed E-state index contributed by atoms with van der Waals surface area (Å²) >= 11 is 11.8. The summed E-state index contributed by atoms with van der Waals surface area (Å²) < 4.78 is 1.86. The fraction of sp³-hybridized carbons (Fsp3) is 0.125. The molecule has 0 N–H and O–H groups in total. The van der Waals surface area contributed by atoms with Crippen LogP contribution in [-0.4, -0.2) is 15.3 Å². The first-order valence-electron chi connectivity index (χ1n) is 6.49. The van der Waals surface area contributed by atoms with E-state index in [0.717, 1.165) is 16.6 Å². The number of ketones is 1. The number of rotatable bonds is 4. The van der Waals surface area contributed by atoms with Crippen molar-refractivity contribution in [3.8, 4) is 0 Å². The Morgan fingerprint density at radius 1 is 1.10 bits per heavy atom. The highest BCUT2D eigenvalue weighted by Crippen LogP contribution is 2.23. The number of carbonyl (C=O) groups is 1. The number of hydrogen-bond donors (Lipinski definition) is 0. The number of carbonyl (C=O) groups excluding carboxylic acids is 1. The highest BCUT2D eigenvalue weighted by atomic mass is 35.5. The summed E-state index contributed by atoms with van der Waals surface area (Å²) in [5.41, 5.74) is 2.71. The van der Waals surface area contributed by atoms with E-state index in [-0.39, 0.29) is 5.78 Å². The summed E-state index contributed by atoms with van der Waals surface area (Å²) in [5, 5.41) is 0.962. The number of aromatic nitrogens is 2. The second-order valence-corrected chi connectivity index (χ2v) is 5.64. The molecule has 0 spiro atoms. The van der Waals surface area contributed by atoms with Crippen LogP contribution in [0.2, 0.25) is 10.0 Å². The van der Waals surface area contributed by atoms with Crippen LogP contribution in [0.4, 0.5) is 0 Å². The second-order valence-electron chi connectivity index (χ2n) is 4.83. The number of halogens is 2. The summed E-state index contributed by atoms with van der Waals surface area (Å²) in [6.45, 7) is 0.292. The summed E-state index contributed by atoms with van der Waals surface area (Å²) in [5.74, 6) is 0.0940. The third-order valence-electron chi connectivity index (χ3n) is 3.26. The maximum Gasteiger partial charge on any atom is 0.156 e. The van der Waals surface area contributed by atoms with E-state index >= 15 is 0 Å². The van der Waals surface area contributed by atoms with Gasteiger partial charge < -0.3 is 4.57 Å². The molecular formula is C16H12Cl2N2O. The molecule has 0 saturated heterocycles. The summed E-state index contributed by atoms with van der Waals surface area (Å²) in [6.07, 6.45) is 2.01. The predicted octanol–water partition coefficient (Wildman–Crippen LogP) is 4.15. The Morgan fingerprint density at radius 2 is 1.90 bits per heavy atom. The number of Topliss-reactive ketones (excluding diaryl/α,β-unsaturated/α-hetero) is 1. The maximum atomic E-state index is 12.2. The third-order valence-corrected chi connectivity index (χ3v) is 4.00. The number of hydrogen-bond acceptors (Lipinski definition) is 2. The predicted molar refractivity (Wildman–Crippen MR) is 84.9 cm³/mol. The van der Waals surface area contributed by atoms with Gasteiger partial charge in [-0.05, 0) is 29.8 Å². The molecule has 3 rings (SSSR count). The molecule has 1 heterocycles. The highest BCUT2D eigenvalue weighted by Gasteiger charge is 2.09. The van der Waals surface area contributed by atoms with Crippen LogP contribution in [-0.2, 0) is 17.8 Å². The molecule has 0 amide bonds. The Balaban J connectivity index is 1.75. The molecule has 2 aromatic carbocycles. The topological polar surface area (TPSA) is 34.9 Å². The Labute approximate surface area is 132 Å². The molecule has 0 aliphatic heterocycles. The van der Waals surface area contributed by atoms with Gasteiger partial charge in [0.05, 0.1) is 34.0 Å². The Kier molecular flexibility index (Phi) is 3.95. The van der Waals surface area contributed by atoms with Crippen molar-refractivity contribution in [1.82, 2.24) is 9.55 Å². The van der Waals surface area contributed by atoms with Gasteiger partial charge in [-0.1, -0.05) is 41.4 Å². The molecule has 0 bridgehead atoms. The molecule has 5 heteroatoms. The number of para-hydroxylation sites is 2. The van der Waals surface area contributed by atoms with Crippen molar-refractivity contribution in [2.24, 2.45) is 0 Å². The van der Waals surface area contributed by atoms with Gasteiger partial charge >= 0.3 is 0 Å². The van der Waals surface area contributed by atoms with Crippen LogP contribution in [0.25, 0.3) is 11.0 Å². The first-order chi connectivity index (χ1) is 10.1. The van der Waals surface area contributed by atoms with Gasteiger partial charge in [0.2, 0.25) is 0 Å². The average molecular weight is 319 g/mol. The van der Waals surface area contributed by atoms with Gasteiger partial charge in [-0.3, -0.25) is 4.79 Å². The van der Waals surface area contributed by atoms with Crippen LogP contribution >= 0.6 is 23.2 Å². The largest absolute Gasteiger partial charge is 0.323 e. The van der Waals surface area contributed by atoms with E-state index in [0.29, 0.717) is 23.0 Å². The Hall–Kier alpha value is -1.84. The van der Waals surface area contributed by atoms with Crippen LogP contribution in [0.5, 0.6) is 0 Å². The van der Waals surface area contributed by atoms with E-state index in [2.05, 4.69) is 4.98 Å². The lowest BCUT2D eigenvalue weighted by Crippen LogP contribution is -2.11. The van der Waals surface area contributed by atoms with Crippen molar-refractivity contribution in [1.29, 1.82) is 0 Å². The van der Waals surface area contributed by atoms with E-state index in [1.54, 1.807) is 18.5 Å². The third kappa shape index (κ3) is 3.09. The molecule has 0 saturated carbocycles. The quantitative estimate of drug-likeness (QED) is 0.724. The molecule has 106 valence electrons. The first kappa shape index (κ1) is 14.1. The van der Waals surface area contributed by atoms with Gasteiger partial charge in [0.25, 0.3) is 0 Å². The zero-order valence-electron chi connectivity index (χ0n) is 11.1. The van der Waals surface area contributed by atoms with Gasteiger partial charge in [0.15, 0.2) is 5.78 Å². The standard InChI is InChI=1S/C16H12Cl2N2O/c17-13-6-5-11(8-14(13)18)7-12(21)9-20-10-19-15-3-1-2-4-16(15)20/h1-6,8,10H,7,9H2. The summed E-state index contributed by atoms with van der Waals surface area (Å²) in [6, 6.07) is 13.0. The SMILES string of the molecule is O=C(Cc1ccc(Cl)c(Cl)c1)Cn1cnc2ccccc21. The van der Waals surface area contributed by atoms with Crippen LogP contribution < -0.4 is 0 Å². The molecule has 0 aliphatic carbocycles. The van der Waals surface area contributed by atoms with Crippen molar-refractivity contribution >= 4 is 40.0 Å². The minimum Gasteiger partial charge on any atom is -0.323 e. The maximum absolute atomic E-state index is 12.2. The van der Waals surface area contributed by atoms with Crippen LogP contribution in [0.1, 0.15) is 5.56 Å². The molecule has 21 heavy (non-hydrogen) atoms. The second kappa shape index (κ2) is 5.88. The van der Waals surface area contributed by atoms with Crippen molar-refractivity contribution in [3.63, 3.8) is 0 Å². The number of benzene rings is 2. The minimum atomic E-state index is 0.0940. The fourth-order valence-corrected chi connectivity index (χ4v) is 2.58. The number of imidazole rings is 1. The zero-order chi connectivity index (χ0) is 14.8. The molecule has 0 radical (unpaired) electrons. The molecule has 0 unspecified atom stereocenters. The van der Waals surface area contributed by atoms with Gasteiger partial charge in [0, 0.05) is 6.42 Å². The fourth-order valence-electron chi connectivity index (χ4n) is 2.26.